The molecule has 0 saturated carbocycles. The molecule has 0 amide bonds. The summed E-state index contributed by atoms with van der Waals surface area (Å²) in [5.74, 6) is 0. The predicted molar refractivity (Wildman–Crippen MR) is 168 cm³/mol. The molecule has 4 rings (SSSR count). The van der Waals surface area contributed by atoms with Crippen LogP contribution in [0.5, 0.6) is 0 Å². The van der Waals surface area contributed by atoms with Crippen molar-refractivity contribution in [1.82, 2.24) is 0 Å². The minimum Gasteiger partial charge on any atom is -0.125 e. The Morgan fingerprint density at radius 2 is 1.50 bits per heavy atom. The molecule has 0 radical (unpaired) electrons. The van der Waals surface area contributed by atoms with E-state index in [2.05, 4.69) is 141 Å². The van der Waals surface area contributed by atoms with E-state index in [1.54, 1.807) is 0 Å². The van der Waals surface area contributed by atoms with Crippen molar-refractivity contribution in [2.45, 2.75) is 19.3 Å². The van der Waals surface area contributed by atoms with E-state index in [9.17, 15) is 0 Å². The lowest BCUT2D eigenvalue weighted by atomic mass is 9.85. The molecule has 38 heavy (non-hydrogen) atoms. The second kappa shape index (κ2) is 16.2. The fraction of sp³-hybridized carbons (Fsp3) is 0.0789. The Kier molecular flexibility index (Phi) is 11.9. The maximum Gasteiger partial charge on any atom is -0.00151 e. The predicted octanol–water partition coefficient (Wildman–Crippen LogP) is 10.4. The SMILES string of the molecule is C=C.C=C(\C=C/C=C1/C=C2\C=C/C=C\C=C\C=C\C=C/C2=C(C/C=C\C=C2\C=C=CC2)C1)c1ccccc1. The molecule has 0 aromatic heterocycles. The van der Waals surface area contributed by atoms with Gasteiger partial charge in [0.25, 0.3) is 0 Å². The van der Waals surface area contributed by atoms with Gasteiger partial charge in [0.1, 0.15) is 0 Å². The van der Waals surface area contributed by atoms with Crippen molar-refractivity contribution in [1.29, 1.82) is 0 Å². The molecular formula is C38H36. The minimum atomic E-state index is 0.906. The average molecular weight is 493 g/mol. The molecule has 0 fully saturated rings. The van der Waals surface area contributed by atoms with Gasteiger partial charge in [-0.05, 0) is 64.8 Å². The van der Waals surface area contributed by atoms with Gasteiger partial charge in [-0.25, -0.2) is 0 Å². The number of rotatable bonds is 6. The molecular weight excluding hydrogens is 456 g/mol. The molecule has 0 N–H and O–H groups in total. The molecule has 0 atom stereocenters. The second-order valence-electron chi connectivity index (χ2n) is 8.75. The summed E-state index contributed by atoms with van der Waals surface area (Å²) < 4.78 is 0. The molecule has 0 heterocycles. The van der Waals surface area contributed by atoms with Gasteiger partial charge >= 0.3 is 0 Å². The van der Waals surface area contributed by atoms with E-state index in [0.717, 1.165) is 30.4 Å². The number of allylic oxidation sites excluding steroid dienone is 24. The monoisotopic (exact) mass is 492 g/mol. The van der Waals surface area contributed by atoms with E-state index < -0.39 is 0 Å². The summed E-state index contributed by atoms with van der Waals surface area (Å²) in [4.78, 5) is 0. The fourth-order valence-corrected chi connectivity index (χ4v) is 4.17. The summed E-state index contributed by atoms with van der Waals surface area (Å²) >= 11 is 0. The summed E-state index contributed by atoms with van der Waals surface area (Å²) in [6.45, 7) is 10.2. The third-order valence-electron chi connectivity index (χ3n) is 6.05. The fourth-order valence-electron chi connectivity index (χ4n) is 4.17. The van der Waals surface area contributed by atoms with Crippen molar-refractivity contribution in [3.8, 4) is 0 Å². The molecule has 0 spiro atoms. The topological polar surface area (TPSA) is 0 Å². The van der Waals surface area contributed by atoms with Gasteiger partial charge in [0, 0.05) is 0 Å². The molecule has 0 bridgehead atoms. The van der Waals surface area contributed by atoms with E-state index in [4.69, 9.17) is 0 Å². The molecule has 0 unspecified atom stereocenters. The maximum absolute atomic E-state index is 4.22. The molecule has 0 nitrogen and oxygen atoms in total. The summed E-state index contributed by atoms with van der Waals surface area (Å²) in [5, 5.41) is 0. The number of fused-ring (bicyclic) bond motifs is 1. The van der Waals surface area contributed by atoms with Crippen molar-refractivity contribution in [2.24, 2.45) is 0 Å². The summed E-state index contributed by atoms with van der Waals surface area (Å²) in [5.41, 5.74) is 11.8. The quantitative estimate of drug-likeness (QED) is 0.210. The van der Waals surface area contributed by atoms with E-state index in [0.29, 0.717) is 0 Å². The van der Waals surface area contributed by atoms with Crippen LogP contribution in [0.1, 0.15) is 24.8 Å². The molecule has 3 aliphatic rings. The summed E-state index contributed by atoms with van der Waals surface area (Å²) in [6.07, 6.45) is 43.3. The van der Waals surface area contributed by atoms with E-state index in [1.165, 1.54) is 27.9 Å². The smallest absolute Gasteiger partial charge is 0.00151 e. The highest BCUT2D eigenvalue weighted by Crippen LogP contribution is 2.33. The van der Waals surface area contributed by atoms with Gasteiger partial charge in [0.2, 0.25) is 0 Å². The lowest BCUT2D eigenvalue weighted by molar-refractivity contribution is 1.03. The zero-order chi connectivity index (χ0) is 26.8. The largest absolute Gasteiger partial charge is 0.125 e. The Morgan fingerprint density at radius 3 is 2.21 bits per heavy atom. The van der Waals surface area contributed by atoms with Crippen LogP contribution in [0.4, 0.5) is 0 Å². The second-order valence-corrected chi connectivity index (χ2v) is 8.75. The molecule has 0 heteroatoms. The van der Waals surface area contributed by atoms with Crippen LogP contribution in [0.15, 0.2) is 199 Å². The van der Waals surface area contributed by atoms with Crippen LogP contribution in [0, 0.1) is 0 Å². The molecule has 0 saturated heterocycles. The first kappa shape index (κ1) is 27.9. The van der Waals surface area contributed by atoms with Crippen molar-refractivity contribution in [3.63, 3.8) is 0 Å². The van der Waals surface area contributed by atoms with Crippen LogP contribution in [-0.4, -0.2) is 0 Å². The van der Waals surface area contributed by atoms with E-state index in [1.807, 2.05) is 30.4 Å². The number of hydrogen-bond donors (Lipinski definition) is 0. The highest BCUT2D eigenvalue weighted by molar-refractivity contribution is 5.72. The lowest BCUT2D eigenvalue weighted by Crippen LogP contribution is -2.01. The Bertz CT molecular complexity index is 1370. The standard InChI is InChI=1S/C36H32.C2H4/c1-30(33-23-10-8-11-24-33)18-17-22-32-28-34-25-9-6-4-2-3-5-7-12-27-36(34)35(29-32)26-16-15-21-31-19-13-14-20-31;1-2/h2-13,15-18,20-25,27-28H,1,19,26,29H2;1-2H2/b3-2+,6-4-,7-5+,16-15-,18-17-,25-9-,27-12-,31-21+,32-22-;. The van der Waals surface area contributed by atoms with Gasteiger partial charge in [0.15, 0.2) is 0 Å². The minimum absolute atomic E-state index is 0.906. The van der Waals surface area contributed by atoms with Gasteiger partial charge < -0.3 is 0 Å². The third-order valence-corrected chi connectivity index (χ3v) is 6.05. The van der Waals surface area contributed by atoms with Crippen molar-refractivity contribution >= 4 is 5.57 Å². The van der Waals surface area contributed by atoms with Crippen LogP contribution in [0.25, 0.3) is 5.57 Å². The first-order valence-electron chi connectivity index (χ1n) is 13.0. The van der Waals surface area contributed by atoms with Crippen molar-refractivity contribution in [3.05, 3.63) is 205 Å². The zero-order valence-corrected chi connectivity index (χ0v) is 22.1. The highest BCUT2D eigenvalue weighted by atomic mass is 14.2. The summed E-state index contributed by atoms with van der Waals surface area (Å²) in [6, 6.07) is 10.3. The van der Waals surface area contributed by atoms with Gasteiger partial charge in [-0.3, -0.25) is 0 Å². The lowest BCUT2D eigenvalue weighted by Gasteiger charge is -2.20. The van der Waals surface area contributed by atoms with E-state index in [-0.39, 0.29) is 0 Å². The highest BCUT2D eigenvalue weighted by Gasteiger charge is 2.14. The molecule has 1 aromatic carbocycles. The van der Waals surface area contributed by atoms with Crippen molar-refractivity contribution < 1.29 is 0 Å². The van der Waals surface area contributed by atoms with Gasteiger partial charge in [0.05, 0.1) is 0 Å². The van der Waals surface area contributed by atoms with Crippen LogP contribution < -0.4 is 0 Å². The maximum atomic E-state index is 4.22. The Hall–Kier alpha value is -4.64. The number of benzene rings is 1. The molecule has 3 aliphatic carbocycles. The Labute approximate surface area is 229 Å². The number of hydrogen-bond acceptors (Lipinski definition) is 0. The van der Waals surface area contributed by atoms with Crippen molar-refractivity contribution in [2.75, 3.05) is 0 Å². The first-order chi connectivity index (χ1) is 18.8. The van der Waals surface area contributed by atoms with Crippen LogP contribution >= 0.6 is 0 Å². The van der Waals surface area contributed by atoms with E-state index >= 15 is 0 Å². The summed E-state index contributed by atoms with van der Waals surface area (Å²) in [7, 11) is 0. The van der Waals surface area contributed by atoms with Gasteiger partial charge in [-0.1, -0.05) is 146 Å². The average Bonchev–Trinajstić information content (AvgIpc) is 3.47. The van der Waals surface area contributed by atoms with Gasteiger partial charge in [-0.2, -0.15) is 0 Å². The van der Waals surface area contributed by atoms with Crippen LogP contribution in [0.2, 0.25) is 0 Å². The Morgan fingerprint density at radius 1 is 0.816 bits per heavy atom. The van der Waals surface area contributed by atoms with Gasteiger partial charge in [-0.15, -0.1) is 18.9 Å². The molecule has 0 aliphatic heterocycles. The van der Waals surface area contributed by atoms with Crippen LogP contribution in [0.3, 0.4) is 0 Å². The normalized spacial score (nSPS) is 22.8. The zero-order valence-electron chi connectivity index (χ0n) is 22.1. The third kappa shape index (κ3) is 9.10. The Balaban J connectivity index is 0.00000195. The van der Waals surface area contributed by atoms with Crippen LogP contribution in [-0.2, 0) is 0 Å². The molecule has 188 valence electrons. The first-order valence-corrected chi connectivity index (χ1v) is 13.0. The molecule has 1 aromatic rings.